The summed E-state index contributed by atoms with van der Waals surface area (Å²) in [6.45, 7) is 6.80. The van der Waals surface area contributed by atoms with E-state index in [0.29, 0.717) is 0 Å². The van der Waals surface area contributed by atoms with Gasteiger partial charge >= 0.3 is 0 Å². The molecule has 0 aliphatic carbocycles. The van der Waals surface area contributed by atoms with E-state index in [2.05, 4.69) is 64.9 Å². The molecule has 1 aliphatic rings. The first-order valence-corrected chi connectivity index (χ1v) is 10.5. The van der Waals surface area contributed by atoms with Crippen LogP contribution in [0.25, 0.3) is 11.0 Å². The van der Waals surface area contributed by atoms with Crippen molar-refractivity contribution in [3.8, 4) is 0 Å². The molecule has 3 aromatic rings. The SMILES string of the molecule is Cc1ccc(Cn2c(CCCN3CCCCCC3)nc3ccccc32)cc1. The van der Waals surface area contributed by atoms with Crippen molar-refractivity contribution in [2.75, 3.05) is 19.6 Å². The number of nitrogens with zero attached hydrogens (tertiary/aromatic N) is 3. The third-order valence-electron chi connectivity index (χ3n) is 5.77. The van der Waals surface area contributed by atoms with Gasteiger partial charge in [-0.3, -0.25) is 0 Å². The summed E-state index contributed by atoms with van der Waals surface area (Å²) >= 11 is 0. The number of likely N-dealkylation sites (tertiary alicyclic amines) is 1. The Morgan fingerprint density at radius 1 is 0.889 bits per heavy atom. The van der Waals surface area contributed by atoms with Gasteiger partial charge in [-0.1, -0.05) is 54.8 Å². The largest absolute Gasteiger partial charge is 0.323 e. The molecule has 2 heterocycles. The Morgan fingerprint density at radius 3 is 2.41 bits per heavy atom. The number of aromatic nitrogens is 2. The number of hydrogen-bond acceptors (Lipinski definition) is 2. The number of rotatable bonds is 6. The average Bonchev–Trinajstić information content (AvgIpc) is 2.84. The minimum Gasteiger partial charge on any atom is -0.323 e. The minimum absolute atomic E-state index is 0.903. The molecule has 142 valence electrons. The summed E-state index contributed by atoms with van der Waals surface area (Å²) < 4.78 is 2.42. The molecule has 4 rings (SSSR count). The first-order valence-electron chi connectivity index (χ1n) is 10.5. The van der Waals surface area contributed by atoms with Crippen LogP contribution in [0, 0.1) is 6.92 Å². The van der Waals surface area contributed by atoms with Crippen LogP contribution in [0.4, 0.5) is 0 Å². The second kappa shape index (κ2) is 8.71. The number of para-hydroxylation sites is 2. The number of imidazole rings is 1. The van der Waals surface area contributed by atoms with Gasteiger partial charge in [0, 0.05) is 13.0 Å². The van der Waals surface area contributed by atoms with Crippen molar-refractivity contribution >= 4 is 11.0 Å². The van der Waals surface area contributed by atoms with Crippen LogP contribution < -0.4 is 0 Å². The van der Waals surface area contributed by atoms with E-state index in [0.717, 1.165) is 18.5 Å². The Balaban J connectivity index is 1.50. The van der Waals surface area contributed by atoms with E-state index in [-0.39, 0.29) is 0 Å². The van der Waals surface area contributed by atoms with E-state index in [1.54, 1.807) is 0 Å². The Kier molecular flexibility index (Phi) is 5.88. The molecule has 3 heteroatoms. The van der Waals surface area contributed by atoms with Crippen LogP contribution in [0.5, 0.6) is 0 Å². The smallest absolute Gasteiger partial charge is 0.110 e. The molecule has 0 unspecified atom stereocenters. The van der Waals surface area contributed by atoms with Gasteiger partial charge in [0.15, 0.2) is 0 Å². The van der Waals surface area contributed by atoms with Gasteiger partial charge in [0.1, 0.15) is 5.82 Å². The van der Waals surface area contributed by atoms with E-state index in [4.69, 9.17) is 4.98 Å². The quantitative estimate of drug-likeness (QED) is 0.601. The number of fused-ring (bicyclic) bond motifs is 1. The van der Waals surface area contributed by atoms with E-state index in [1.807, 2.05) is 0 Å². The van der Waals surface area contributed by atoms with Crippen LogP contribution in [-0.4, -0.2) is 34.1 Å². The summed E-state index contributed by atoms with van der Waals surface area (Å²) in [5.74, 6) is 1.23. The van der Waals surface area contributed by atoms with Gasteiger partial charge in [0.25, 0.3) is 0 Å². The van der Waals surface area contributed by atoms with Gasteiger partial charge in [-0.2, -0.15) is 0 Å². The maximum Gasteiger partial charge on any atom is 0.110 e. The highest BCUT2D eigenvalue weighted by atomic mass is 15.1. The fraction of sp³-hybridized carbons (Fsp3) is 0.458. The zero-order chi connectivity index (χ0) is 18.5. The average molecular weight is 362 g/mol. The standard InChI is InChI=1S/C24H31N3/c1-20-12-14-21(15-13-20)19-27-23-10-5-4-9-22(23)25-24(27)11-8-18-26-16-6-2-3-7-17-26/h4-5,9-10,12-15H,2-3,6-8,11,16-19H2,1H3. The zero-order valence-electron chi connectivity index (χ0n) is 16.5. The topological polar surface area (TPSA) is 21.1 Å². The summed E-state index contributed by atoms with van der Waals surface area (Å²) in [4.78, 5) is 7.62. The first kappa shape index (κ1) is 18.2. The summed E-state index contributed by atoms with van der Waals surface area (Å²) in [7, 11) is 0. The fourth-order valence-corrected chi connectivity index (χ4v) is 4.19. The van der Waals surface area contributed by atoms with E-state index < -0.39 is 0 Å². The normalized spacial score (nSPS) is 15.9. The van der Waals surface area contributed by atoms with Crippen LogP contribution in [0.15, 0.2) is 48.5 Å². The predicted octanol–water partition coefficient (Wildman–Crippen LogP) is 5.20. The first-order chi connectivity index (χ1) is 13.3. The van der Waals surface area contributed by atoms with Crippen LogP contribution in [0.3, 0.4) is 0 Å². The second-order valence-corrected chi connectivity index (χ2v) is 7.95. The Labute approximate surface area is 163 Å². The lowest BCUT2D eigenvalue weighted by Crippen LogP contribution is -2.26. The molecule has 0 amide bonds. The number of aryl methyl sites for hydroxylation is 2. The summed E-state index contributed by atoms with van der Waals surface area (Å²) in [6.07, 6.45) is 7.79. The van der Waals surface area contributed by atoms with Crippen molar-refractivity contribution < 1.29 is 0 Å². The molecule has 0 bridgehead atoms. The van der Waals surface area contributed by atoms with Gasteiger partial charge in [-0.15, -0.1) is 0 Å². The summed E-state index contributed by atoms with van der Waals surface area (Å²) in [5.41, 5.74) is 5.03. The van der Waals surface area contributed by atoms with Crippen molar-refractivity contribution in [3.05, 3.63) is 65.5 Å². The molecule has 1 saturated heterocycles. The maximum atomic E-state index is 4.97. The molecule has 0 radical (unpaired) electrons. The van der Waals surface area contributed by atoms with Crippen molar-refractivity contribution in [2.45, 2.75) is 52.0 Å². The molecular weight excluding hydrogens is 330 g/mol. The van der Waals surface area contributed by atoms with Crippen molar-refractivity contribution in [3.63, 3.8) is 0 Å². The lowest BCUT2D eigenvalue weighted by Gasteiger charge is -2.19. The maximum absolute atomic E-state index is 4.97. The molecule has 2 aromatic carbocycles. The monoisotopic (exact) mass is 361 g/mol. The van der Waals surface area contributed by atoms with Crippen LogP contribution in [0.1, 0.15) is 49.1 Å². The number of hydrogen-bond donors (Lipinski definition) is 0. The highest BCUT2D eigenvalue weighted by Crippen LogP contribution is 2.20. The van der Waals surface area contributed by atoms with Gasteiger partial charge in [-0.05, 0) is 63.5 Å². The fourth-order valence-electron chi connectivity index (χ4n) is 4.19. The molecule has 0 N–H and O–H groups in total. The van der Waals surface area contributed by atoms with Gasteiger partial charge in [0.2, 0.25) is 0 Å². The van der Waals surface area contributed by atoms with Crippen molar-refractivity contribution in [1.29, 1.82) is 0 Å². The second-order valence-electron chi connectivity index (χ2n) is 7.95. The summed E-state index contributed by atoms with van der Waals surface area (Å²) in [6, 6.07) is 17.4. The minimum atomic E-state index is 0.903. The predicted molar refractivity (Wildman–Crippen MR) is 113 cm³/mol. The molecule has 1 aromatic heterocycles. The third kappa shape index (κ3) is 4.59. The third-order valence-corrected chi connectivity index (χ3v) is 5.77. The molecule has 27 heavy (non-hydrogen) atoms. The molecule has 3 nitrogen and oxygen atoms in total. The lowest BCUT2D eigenvalue weighted by molar-refractivity contribution is 0.280. The Hall–Kier alpha value is -2.13. The van der Waals surface area contributed by atoms with Gasteiger partial charge in [-0.25, -0.2) is 4.98 Å². The Bertz CT molecular complexity index is 855. The van der Waals surface area contributed by atoms with Gasteiger partial charge < -0.3 is 9.47 Å². The van der Waals surface area contributed by atoms with E-state index >= 15 is 0 Å². The highest BCUT2D eigenvalue weighted by molar-refractivity contribution is 5.76. The summed E-state index contributed by atoms with van der Waals surface area (Å²) in [5, 5.41) is 0. The zero-order valence-corrected chi connectivity index (χ0v) is 16.5. The van der Waals surface area contributed by atoms with Crippen LogP contribution >= 0.6 is 0 Å². The van der Waals surface area contributed by atoms with E-state index in [1.165, 1.54) is 74.2 Å². The highest BCUT2D eigenvalue weighted by Gasteiger charge is 2.13. The van der Waals surface area contributed by atoms with Crippen LogP contribution in [-0.2, 0) is 13.0 Å². The molecule has 0 spiro atoms. The number of benzene rings is 2. The molecule has 0 atom stereocenters. The van der Waals surface area contributed by atoms with Crippen molar-refractivity contribution in [2.24, 2.45) is 0 Å². The molecule has 1 fully saturated rings. The molecule has 1 aliphatic heterocycles. The van der Waals surface area contributed by atoms with Gasteiger partial charge in [0.05, 0.1) is 11.0 Å². The van der Waals surface area contributed by atoms with Crippen molar-refractivity contribution in [1.82, 2.24) is 14.5 Å². The lowest BCUT2D eigenvalue weighted by atomic mass is 10.1. The Morgan fingerprint density at radius 2 is 1.63 bits per heavy atom. The van der Waals surface area contributed by atoms with Crippen LogP contribution in [0.2, 0.25) is 0 Å². The van der Waals surface area contributed by atoms with E-state index in [9.17, 15) is 0 Å². The molecule has 0 saturated carbocycles. The molecular formula is C24H31N3.